The fourth-order valence-electron chi connectivity index (χ4n) is 3.69. The molecule has 3 rings (SSSR count). The number of pyridine rings is 1. The minimum Gasteiger partial charge on any atom is -0.367 e. The van der Waals surface area contributed by atoms with Crippen LogP contribution in [0.1, 0.15) is 42.5 Å². The van der Waals surface area contributed by atoms with Gasteiger partial charge in [-0.2, -0.15) is 0 Å². The second kappa shape index (κ2) is 12.3. The van der Waals surface area contributed by atoms with Crippen molar-refractivity contribution in [1.29, 1.82) is 0 Å². The van der Waals surface area contributed by atoms with Gasteiger partial charge in [-0.25, -0.2) is 4.98 Å². The van der Waals surface area contributed by atoms with Gasteiger partial charge in [-0.1, -0.05) is 54.6 Å². The lowest BCUT2D eigenvalue weighted by atomic mass is 9.94. The molecule has 2 N–H and O–H groups in total. The highest BCUT2D eigenvalue weighted by molar-refractivity contribution is 8.00. The third-order valence-corrected chi connectivity index (χ3v) is 7.06. The topological polar surface area (TPSA) is 74.3 Å². The SMILES string of the molecule is CN(C(=O)CSc1ccccc1C(=O)NCCNc1ncc(Cl)cc1Cl)C1CCCCC1. The van der Waals surface area contributed by atoms with Gasteiger partial charge in [0.25, 0.3) is 5.91 Å². The van der Waals surface area contributed by atoms with Crippen molar-refractivity contribution in [3.63, 3.8) is 0 Å². The third-order valence-electron chi connectivity index (χ3n) is 5.51. The van der Waals surface area contributed by atoms with Crippen molar-refractivity contribution in [2.45, 2.75) is 43.0 Å². The summed E-state index contributed by atoms with van der Waals surface area (Å²) in [4.78, 5) is 32.2. The Bertz CT molecular complexity index is 938. The number of amides is 2. The van der Waals surface area contributed by atoms with E-state index in [4.69, 9.17) is 23.2 Å². The second-order valence-electron chi connectivity index (χ2n) is 7.75. The summed E-state index contributed by atoms with van der Waals surface area (Å²) in [7, 11) is 1.90. The molecule has 1 aliphatic rings. The summed E-state index contributed by atoms with van der Waals surface area (Å²) in [5.41, 5.74) is 0.563. The van der Waals surface area contributed by atoms with E-state index < -0.39 is 0 Å². The summed E-state index contributed by atoms with van der Waals surface area (Å²) in [6, 6.07) is 9.31. The van der Waals surface area contributed by atoms with E-state index in [0.29, 0.717) is 46.3 Å². The quantitative estimate of drug-likeness (QED) is 0.374. The van der Waals surface area contributed by atoms with E-state index in [1.54, 1.807) is 12.1 Å². The maximum absolute atomic E-state index is 12.7. The van der Waals surface area contributed by atoms with Gasteiger partial charge < -0.3 is 15.5 Å². The maximum Gasteiger partial charge on any atom is 0.252 e. The van der Waals surface area contributed by atoms with E-state index in [2.05, 4.69) is 15.6 Å². The highest BCUT2D eigenvalue weighted by Crippen LogP contribution is 2.26. The molecule has 32 heavy (non-hydrogen) atoms. The molecule has 0 aliphatic heterocycles. The summed E-state index contributed by atoms with van der Waals surface area (Å²) in [5, 5.41) is 6.86. The first-order chi connectivity index (χ1) is 15.5. The van der Waals surface area contributed by atoms with Crippen molar-refractivity contribution in [3.05, 3.63) is 52.1 Å². The molecular formula is C23H28Cl2N4O2S. The molecule has 1 heterocycles. The molecule has 1 aliphatic carbocycles. The number of thioether (sulfide) groups is 1. The van der Waals surface area contributed by atoms with Crippen LogP contribution in [0.2, 0.25) is 10.0 Å². The Morgan fingerprint density at radius 2 is 1.91 bits per heavy atom. The van der Waals surface area contributed by atoms with Crippen molar-refractivity contribution in [2.75, 3.05) is 31.2 Å². The Morgan fingerprint density at radius 3 is 2.66 bits per heavy atom. The molecule has 1 aromatic carbocycles. The number of hydrogen-bond donors (Lipinski definition) is 2. The van der Waals surface area contributed by atoms with Gasteiger partial charge in [-0.05, 0) is 31.0 Å². The molecular weight excluding hydrogens is 467 g/mol. The molecule has 0 atom stereocenters. The monoisotopic (exact) mass is 494 g/mol. The van der Waals surface area contributed by atoms with Crippen LogP contribution in [0.25, 0.3) is 0 Å². The number of rotatable bonds is 9. The molecule has 9 heteroatoms. The lowest BCUT2D eigenvalue weighted by Crippen LogP contribution is -2.39. The van der Waals surface area contributed by atoms with Gasteiger partial charge >= 0.3 is 0 Å². The number of carbonyl (C=O) groups is 2. The number of anilines is 1. The van der Waals surface area contributed by atoms with Crippen molar-refractivity contribution in [1.82, 2.24) is 15.2 Å². The Balaban J connectivity index is 1.49. The molecule has 0 bridgehead atoms. The number of carbonyl (C=O) groups excluding carboxylic acids is 2. The van der Waals surface area contributed by atoms with E-state index in [9.17, 15) is 9.59 Å². The summed E-state index contributed by atoms with van der Waals surface area (Å²) in [6.45, 7) is 0.849. The zero-order valence-corrected chi connectivity index (χ0v) is 20.4. The van der Waals surface area contributed by atoms with Crippen molar-refractivity contribution in [3.8, 4) is 0 Å². The number of hydrogen-bond acceptors (Lipinski definition) is 5. The van der Waals surface area contributed by atoms with Gasteiger partial charge in [0.2, 0.25) is 5.91 Å². The first-order valence-electron chi connectivity index (χ1n) is 10.8. The molecule has 2 aromatic rings. The van der Waals surface area contributed by atoms with E-state index in [1.807, 2.05) is 30.1 Å². The zero-order valence-electron chi connectivity index (χ0n) is 18.1. The van der Waals surface area contributed by atoms with Gasteiger partial charge in [-0.3, -0.25) is 9.59 Å². The Hall–Kier alpha value is -1.96. The highest BCUT2D eigenvalue weighted by Gasteiger charge is 2.22. The summed E-state index contributed by atoms with van der Waals surface area (Å²) in [6.07, 6.45) is 7.30. The molecule has 0 saturated heterocycles. The van der Waals surface area contributed by atoms with Gasteiger partial charge in [-0.15, -0.1) is 11.8 Å². The normalized spacial score (nSPS) is 14.1. The third kappa shape index (κ3) is 7.02. The fraction of sp³-hybridized carbons (Fsp3) is 0.435. The Morgan fingerprint density at radius 1 is 1.16 bits per heavy atom. The van der Waals surface area contributed by atoms with E-state index in [0.717, 1.165) is 17.7 Å². The number of halogens is 2. The predicted molar refractivity (Wildman–Crippen MR) is 132 cm³/mol. The standard InChI is InChI=1S/C23H28Cl2N4O2S/c1-29(17-7-3-2-4-8-17)21(30)15-32-20-10-6-5-9-18(20)23(31)27-12-11-26-22-19(25)13-16(24)14-28-22/h5-6,9-10,13-14,17H,2-4,7-8,11-12,15H2,1H3,(H,26,28)(H,27,31). The van der Waals surface area contributed by atoms with Gasteiger partial charge in [0, 0.05) is 37.3 Å². The number of nitrogens with one attached hydrogen (secondary N) is 2. The molecule has 1 aromatic heterocycles. The van der Waals surface area contributed by atoms with Crippen LogP contribution in [-0.2, 0) is 4.79 Å². The molecule has 172 valence electrons. The predicted octanol–water partition coefficient (Wildman–Crippen LogP) is 5.11. The summed E-state index contributed by atoms with van der Waals surface area (Å²) >= 11 is 13.3. The lowest BCUT2D eigenvalue weighted by molar-refractivity contribution is -0.129. The lowest BCUT2D eigenvalue weighted by Gasteiger charge is -2.31. The van der Waals surface area contributed by atoms with Crippen molar-refractivity contribution < 1.29 is 9.59 Å². The molecule has 6 nitrogen and oxygen atoms in total. The summed E-state index contributed by atoms with van der Waals surface area (Å²) < 4.78 is 0. The van der Waals surface area contributed by atoms with E-state index in [1.165, 1.54) is 37.2 Å². The average molecular weight is 495 g/mol. The smallest absolute Gasteiger partial charge is 0.252 e. The average Bonchev–Trinajstić information content (AvgIpc) is 2.81. The summed E-state index contributed by atoms with van der Waals surface area (Å²) in [5.74, 6) is 0.758. The largest absolute Gasteiger partial charge is 0.367 e. The maximum atomic E-state index is 12.7. The van der Waals surface area contributed by atoms with Crippen LogP contribution in [0.15, 0.2) is 41.4 Å². The number of aromatic nitrogens is 1. The molecule has 0 radical (unpaired) electrons. The van der Waals surface area contributed by atoms with Crippen LogP contribution in [-0.4, -0.2) is 53.6 Å². The number of nitrogens with zero attached hydrogens (tertiary/aromatic N) is 2. The minimum absolute atomic E-state index is 0.105. The van der Waals surface area contributed by atoms with Gasteiger partial charge in [0.1, 0.15) is 5.82 Å². The van der Waals surface area contributed by atoms with Crippen LogP contribution < -0.4 is 10.6 Å². The van der Waals surface area contributed by atoms with Crippen LogP contribution >= 0.6 is 35.0 Å². The molecule has 1 saturated carbocycles. The van der Waals surface area contributed by atoms with Gasteiger partial charge in [0.05, 0.1) is 21.4 Å². The van der Waals surface area contributed by atoms with Crippen LogP contribution in [0, 0.1) is 0 Å². The fourth-order valence-corrected chi connectivity index (χ4v) is 5.11. The van der Waals surface area contributed by atoms with Crippen LogP contribution in [0.5, 0.6) is 0 Å². The first kappa shape index (κ1) is 24.7. The molecule has 0 spiro atoms. The number of benzene rings is 1. The van der Waals surface area contributed by atoms with Crippen molar-refractivity contribution in [2.24, 2.45) is 0 Å². The molecule has 2 amide bonds. The molecule has 0 unspecified atom stereocenters. The second-order valence-corrected chi connectivity index (χ2v) is 9.61. The van der Waals surface area contributed by atoms with Gasteiger partial charge in [0.15, 0.2) is 0 Å². The highest BCUT2D eigenvalue weighted by atomic mass is 35.5. The molecule has 1 fully saturated rings. The van der Waals surface area contributed by atoms with E-state index >= 15 is 0 Å². The van der Waals surface area contributed by atoms with Crippen molar-refractivity contribution >= 4 is 52.6 Å². The minimum atomic E-state index is -0.182. The zero-order chi connectivity index (χ0) is 22.9. The van der Waals surface area contributed by atoms with Crippen LogP contribution in [0.4, 0.5) is 5.82 Å². The Labute approximate surface area is 203 Å². The Kier molecular flexibility index (Phi) is 9.51. The first-order valence-corrected chi connectivity index (χ1v) is 12.5. The van der Waals surface area contributed by atoms with E-state index in [-0.39, 0.29) is 11.8 Å². The van der Waals surface area contributed by atoms with Crippen LogP contribution in [0.3, 0.4) is 0 Å².